The van der Waals surface area contributed by atoms with Gasteiger partial charge in [-0.25, -0.2) is 9.59 Å². The van der Waals surface area contributed by atoms with Crippen molar-refractivity contribution < 1.29 is 24.2 Å². The SMILES string of the molecule is C=C/C=C(\C(=C)Cl)[C@@H](C(=O)OC)N1CCC(SCNC(C)=O)/C(=C\C(=O)O)C1. The van der Waals surface area contributed by atoms with Crippen LogP contribution in [0.4, 0.5) is 0 Å². The third-order valence-electron chi connectivity index (χ3n) is 4.09. The number of nitrogens with one attached hydrogen (secondary N) is 1. The van der Waals surface area contributed by atoms with E-state index >= 15 is 0 Å². The molecule has 0 aliphatic carbocycles. The summed E-state index contributed by atoms with van der Waals surface area (Å²) in [6.07, 6.45) is 4.84. The quantitative estimate of drug-likeness (QED) is 0.252. The lowest BCUT2D eigenvalue weighted by Gasteiger charge is -2.38. The van der Waals surface area contributed by atoms with Crippen LogP contribution in [0, 0.1) is 0 Å². The van der Waals surface area contributed by atoms with Crippen LogP contribution in [-0.2, 0) is 19.1 Å². The minimum atomic E-state index is -1.07. The Hall–Kier alpha value is -2.03. The topological polar surface area (TPSA) is 95.9 Å². The molecular formula is C19H25ClN2O5S. The molecule has 1 amide bonds. The van der Waals surface area contributed by atoms with Crippen molar-refractivity contribution in [1.82, 2.24) is 10.2 Å². The normalized spacial score (nSPS) is 20.3. The van der Waals surface area contributed by atoms with E-state index in [0.29, 0.717) is 30.0 Å². The van der Waals surface area contributed by atoms with Crippen molar-refractivity contribution in [2.45, 2.75) is 24.6 Å². The Balaban J connectivity index is 3.13. The lowest BCUT2D eigenvalue weighted by Crippen LogP contribution is -2.49. The molecule has 0 aromatic heterocycles. The molecule has 28 heavy (non-hydrogen) atoms. The second-order valence-corrected chi connectivity index (χ2v) is 7.68. The third-order valence-corrected chi connectivity index (χ3v) is 5.56. The maximum absolute atomic E-state index is 12.5. The number of aliphatic carboxylic acids is 1. The van der Waals surface area contributed by atoms with Crippen LogP contribution in [0.5, 0.6) is 0 Å². The Morgan fingerprint density at radius 2 is 2.18 bits per heavy atom. The van der Waals surface area contributed by atoms with E-state index in [2.05, 4.69) is 18.5 Å². The number of carboxylic acids is 1. The van der Waals surface area contributed by atoms with Gasteiger partial charge in [0.25, 0.3) is 0 Å². The van der Waals surface area contributed by atoms with Crippen molar-refractivity contribution in [3.8, 4) is 0 Å². The molecule has 2 N–H and O–H groups in total. The van der Waals surface area contributed by atoms with E-state index in [4.69, 9.17) is 16.3 Å². The highest BCUT2D eigenvalue weighted by Crippen LogP contribution is 2.31. The zero-order chi connectivity index (χ0) is 21.3. The number of rotatable bonds is 9. The first-order valence-corrected chi connectivity index (χ1v) is 9.92. The van der Waals surface area contributed by atoms with Crippen LogP contribution in [-0.4, -0.2) is 65.2 Å². The van der Waals surface area contributed by atoms with Crippen molar-refractivity contribution in [3.63, 3.8) is 0 Å². The van der Waals surface area contributed by atoms with Crippen LogP contribution in [0.3, 0.4) is 0 Å². The number of carboxylic acid groups (broad SMARTS) is 1. The van der Waals surface area contributed by atoms with E-state index in [1.54, 1.807) is 11.0 Å². The molecule has 1 heterocycles. The van der Waals surface area contributed by atoms with Gasteiger partial charge in [0, 0.05) is 36.4 Å². The molecule has 0 aromatic rings. The number of amides is 1. The Morgan fingerprint density at radius 3 is 2.68 bits per heavy atom. The number of hydrogen-bond donors (Lipinski definition) is 2. The number of halogens is 1. The lowest BCUT2D eigenvalue weighted by molar-refractivity contribution is -0.145. The van der Waals surface area contributed by atoms with Gasteiger partial charge in [0.15, 0.2) is 0 Å². The predicted molar refractivity (Wildman–Crippen MR) is 111 cm³/mol. The Labute approximate surface area is 174 Å². The van der Waals surface area contributed by atoms with Crippen LogP contribution >= 0.6 is 23.4 Å². The first-order valence-electron chi connectivity index (χ1n) is 8.49. The average Bonchev–Trinajstić information content (AvgIpc) is 2.61. The molecule has 2 atom stereocenters. The second kappa shape index (κ2) is 11.7. The molecule has 154 valence electrons. The summed E-state index contributed by atoms with van der Waals surface area (Å²) in [4.78, 5) is 36.6. The first kappa shape index (κ1) is 24.0. The summed E-state index contributed by atoms with van der Waals surface area (Å²) >= 11 is 7.53. The summed E-state index contributed by atoms with van der Waals surface area (Å²) in [7, 11) is 1.28. The molecule has 1 saturated heterocycles. The maximum atomic E-state index is 12.5. The van der Waals surface area contributed by atoms with Crippen molar-refractivity contribution >= 4 is 41.2 Å². The summed E-state index contributed by atoms with van der Waals surface area (Å²) < 4.78 is 4.93. The van der Waals surface area contributed by atoms with Gasteiger partial charge in [-0.1, -0.05) is 36.9 Å². The number of hydrogen-bond acceptors (Lipinski definition) is 6. The molecule has 1 aliphatic rings. The highest BCUT2D eigenvalue weighted by atomic mass is 35.5. The minimum Gasteiger partial charge on any atom is -0.478 e. The van der Waals surface area contributed by atoms with E-state index in [9.17, 15) is 19.5 Å². The van der Waals surface area contributed by atoms with Gasteiger partial charge in [0.05, 0.1) is 13.0 Å². The summed E-state index contributed by atoms with van der Waals surface area (Å²) in [5.74, 6) is -1.37. The van der Waals surface area contributed by atoms with Gasteiger partial charge in [-0.15, -0.1) is 11.8 Å². The number of piperidine rings is 1. The Morgan fingerprint density at radius 1 is 1.50 bits per heavy atom. The fraction of sp³-hybridized carbons (Fsp3) is 0.421. The van der Waals surface area contributed by atoms with Crippen molar-refractivity contribution in [3.05, 3.63) is 47.6 Å². The van der Waals surface area contributed by atoms with Crippen LogP contribution in [0.1, 0.15) is 13.3 Å². The maximum Gasteiger partial charge on any atom is 0.328 e. The summed E-state index contributed by atoms with van der Waals surface area (Å²) in [6.45, 7) is 9.51. The first-order chi connectivity index (χ1) is 13.2. The fourth-order valence-electron chi connectivity index (χ4n) is 2.88. The largest absolute Gasteiger partial charge is 0.478 e. The molecule has 0 radical (unpaired) electrons. The van der Waals surface area contributed by atoms with Gasteiger partial charge < -0.3 is 15.2 Å². The number of esters is 1. The fourth-order valence-corrected chi connectivity index (χ4v) is 4.16. The molecule has 0 aromatic carbocycles. The predicted octanol–water partition coefficient (Wildman–Crippen LogP) is 2.30. The van der Waals surface area contributed by atoms with Crippen LogP contribution in [0.15, 0.2) is 47.6 Å². The van der Waals surface area contributed by atoms with Gasteiger partial charge in [0.1, 0.15) is 6.04 Å². The zero-order valence-corrected chi connectivity index (χ0v) is 17.5. The number of methoxy groups -OCH3 is 1. The van der Waals surface area contributed by atoms with E-state index in [0.717, 1.165) is 6.08 Å². The van der Waals surface area contributed by atoms with Crippen molar-refractivity contribution in [2.24, 2.45) is 0 Å². The number of allylic oxidation sites excluding steroid dienone is 2. The summed E-state index contributed by atoms with van der Waals surface area (Å²) in [6, 6.07) is -0.827. The number of ether oxygens (including phenoxy) is 1. The summed E-state index contributed by atoms with van der Waals surface area (Å²) in [5, 5.41) is 12.0. The molecule has 0 bridgehead atoms. The van der Waals surface area contributed by atoms with Gasteiger partial charge in [-0.05, 0) is 17.6 Å². The van der Waals surface area contributed by atoms with E-state index < -0.39 is 18.0 Å². The van der Waals surface area contributed by atoms with Gasteiger partial charge in [-0.3, -0.25) is 9.69 Å². The molecule has 1 unspecified atom stereocenters. The van der Waals surface area contributed by atoms with Gasteiger partial charge in [0.2, 0.25) is 5.91 Å². The molecule has 7 nitrogen and oxygen atoms in total. The van der Waals surface area contributed by atoms with Crippen molar-refractivity contribution in [1.29, 1.82) is 0 Å². The number of carbonyl (C=O) groups excluding carboxylic acids is 2. The molecule has 0 saturated carbocycles. The van der Waals surface area contributed by atoms with Gasteiger partial charge >= 0.3 is 11.9 Å². The van der Waals surface area contributed by atoms with Gasteiger partial charge in [-0.2, -0.15) is 0 Å². The number of likely N-dealkylation sites (tertiary alicyclic amines) is 1. The standard InChI is InChI=1S/C19H25ClN2O5S/c1-5-6-15(12(2)20)18(19(26)27-4)22-8-7-16(28-11-21-13(3)23)14(10-22)9-17(24)25/h5-6,9,16,18H,1-2,7-8,10-11H2,3-4H3,(H,21,23)(H,24,25)/b14-9-,15-6+/t16?,18-/m0/s1. The monoisotopic (exact) mass is 428 g/mol. The van der Waals surface area contributed by atoms with Crippen LogP contribution in [0.2, 0.25) is 0 Å². The Kier molecular flexibility index (Phi) is 10.1. The minimum absolute atomic E-state index is 0.0940. The molecule has 1 fully saturated rings. The highest BCUT2D eigenvalue weighted by molar-refractivity contribution is 8.00. The molecule has 0 spiro atoms. The Bertz CT molecular complexity index is 704. The lowest BCUT2D eigenvalue weighted by atomic mass is 9.97. The smallest absolute Gasteiger partial charge is 0.328 e. The van der Waals surface area contributed by atoms with E-state index in [-0.39, 0.29) is 22.7 Å². The van der Waals surface area contributed by atoms with E-state index in [1.807, 2.05) is 0 Å². The molecule has 1 rings (SSSR count). The number of thioether (sulfide) groups is 1. The summed E-state index contributed by atoms with van der Waals surface area (Å²) in [5.41, 5.74) is 1.09. The number of carbonyl (C=O) groups is 3. The molecular weight excluding hydrogens is 404 g/mol. The average molecular weight is 429 g/mol. The zero-order valence-electron chi connectivity index (χ0n) is 15.9. The van der Waals surface area contributed by atoms with Crippen LogP contribution in [0.25, 0.3) is 0 Å². The van der Waals surface area contributed by atoms with Crippen molar-refractivity contribution in [2.75, 3.05) is 26.1 Å². The second-order valence-electron chi connectivity index (χ2n) is 6.04. The highest BCUT2D eigenvalue weighted by Gasteiger charge is 2.36. The van der Waals surface area contributed by atoms with Crippen LogP contribution < -0.4 is 5.32 Å². The third kappa shape index (κ3) is 7.18. The molecule has 1 aliphatic heterocycles. The van der Waals surface area contributed by atoms with E-state index in [1.165, 1.54) is 31.9 Å². The number of nitrogens with zero attached hydrogens (tertiary/aromatic N) is 1. The molecule has 9 heteroatoms.